The lowest BCUT2D eigenvalue weighted by molar-refractivity contribution is 0.0547. The highest BCUT2D eigenvalue weighted by atomic mass is 32.1. The lowest BCUT2D eigenvalue weighted by Crippen LogP contribution is -2.23. The van der Waals surface area contributed by atoms with E-state index >= 15 is 0 Å². The van der Waals surface area contributed by atoms with Gasteiger partial charge in [-0.15, -0.1) is 0 Å². The number of Topliss-reactive ketones (excluding diaryl/α,β-unsaturated/α-hetero) is 1. The summed E-state index contributed by atoms with van der Waals surface area (Å²) in [5.41, 5.74) is 2.02. The number of thiazole rings is 1. The van der Waals surface area contributed by atoms with Crippen LogP contribution in [0.15, 0.2) is 47.1 Å². The summed E-state index contributed by atoms with van der Waals surface area (Å²) >= 11 is 1.19. The van der Waals surface area contributed by atoms with E-state index in [0.29, 0.717) is 53.1 Å². The Balaban J connectivity index is 1.63. The van der Waals surface area contributed by atoms with Crippen LogP contribution in [0.5, 0.6) is 0 Å². The van der Waals surface area contributed by atoms with Crippen LogP contribution < -0.4 is 5.32 Å². The number of nitrogens with zero attached hydrogens (tertiary/aromatic N) is 1. The van der Waals surface area contributed by atoms with Crippen LogP contribution in [0.4, 0.5) is 5.13 Å². The van der Waals surface area contributed by atoms with Crippen LogP contribution in [-0.4, -0.2) is 29.9 Å². The molecule has 0 atom stereocenters. The number of hydrogen-bond acceptors (Lipinski definition) is 6. The molecule has 1 aliphatic rings. The van der Waals surface area contributed by atoms with Crippen LogP contribution in [-0.2, 0) is 4.74 Å². The molecule has 7 heteroatoms. The van der Waals surface area contributed by atoms with Crippen LogP contribution in [0.25, 0.3) is 11.5 Å². The number of hydrogen-bond donors (Lipinski definition) is 1. The van der Waals surface area contributed by atoms with Crippen molar-refractivity contribution >= 4 is 28.2 Å². The van der Waals surface area contributed by atoms with Gasteiger partial charge in [0.25, 0.3) is 5.91 Å². The van der Waals surface area contributed by atoms with E-state index in [9.17, 15) is 9.59 Å². The first-order valence-corrected chi connectivity index (χ1v) is 9.98. The normalized spacial score (nSPS) is 14.8. The van der Waals surface area contributed by atoms with Crippen molar-refractivity contribution in [1.82, 2.24) is 4.98 Å². The van der Waals surface area contributed by atoms with Gasteiger partial charge in [-0.25, -0.2) is 4.98 Å². The van der Waals surface area contributed by atoms with E-state index in [1.165, 1.54) is 11.3 Å². The van der Waals surface area contributed by atoms with Crippen molar-refractivity contribution in [2.24, 2.45) is 5.92 Å². The van der Waals surface area contributed by atoms with Crippen LogP contribution in [0, 0.1) is 12.8 Å². The third kappa shape index (κ3) is 3.90. The summed E-state index contributed by atoms with van der Waals surface area (Å²) in [6, 6.07) is 10.8. The quantitative estimate of drug-likeness (QED) is 0.639. The zero-order valence-electron chi connectivity index (χ0n) is 15.4. The van der Waals surface area contributed by atoms with Crippen molar-refractivity contribution in [1.29, 1.82) is 0 Å². The number of aryl methyl sites for hydroxylation is 1. The number of benzene rings is 1. The standard InChI is InChI=1S/C21H20N2O4S/c1-13-4-2-5-15(12-13)20(25)23-21-22-17(16-6-3-9-27-16)19(28-21)18(24)14-7-10-26-11-8-14/h2-6,9,12,14H,7-8,10-11H2,1H3,(H,22,23,25). The second kappa shape index (κ2) is 8.08. The van der Waals surface area contributed by atoms with Gasteiger partial charge in [0.2, 0.25) is 0 Å². The van der Waals surface area contributed by atoms with Crippen molar-refractivity contribution in [2.45, 2.75) is 19.8 Å². The lowest BCUT2D eigenvalue weighted by Gasteiger charge is -2.20. The second-order valence-corrected chi connectivity index (χ2v) is 7.75. The summed E-state index contributed by atoms with van der Waals surface area (Å²) in [4.78, 5) is 30.7. The molecular weight excluding hydrogens is 376 g/mol. The number of aromatic nitrogens is 1. The number of rotatable bonds is 5. The molecule has 0 unspecified atom stereocenters. The molecule has 0 bridgehead atoms. The zero-order chi connectivity index (χ0) is 19.5. The Kier molecular flexibility index (Phi) is 5.36. The van der Waals surface area contributed by atoms with Gasteiger partial charge in [0, 0.05) is 24.7 Å². The van der Waals surface area contributed by atoms with Crippen molar-refractivity contribution in [3.05, 3.63) is 58.7 Å². The molecule has 0 radical (unpaired) electrons. The van der Waals surface area contributed by atoms with Crippen molar-refractivity contribution in [3.8, 4) is 11.5 Å². The Labute approximate surface area is 166 Å². The third-order valence-electron chi connectivity index (χ3n) is 4.70. The fourth-order valence-electron chi connectivity index (χ4n) is 3.22. The Morgan fingerprint density at radius 2 is 2.00 bits per heavy atom. The van der Waals surface area contributed by atoms with Crippen LogP contribution >= 0.6 is 11.3 Å². The van der Waals surface area contributed by atoms with Gasteiger partial charge in [0.15, 0.2) is 16.7 Å². The Morgan fingerprint density at radius 3 is 2.71 bits per heavy atom. The molecule has 3 aromatic rings. The summed E-state index contributed by atoms with van der Waals surface area (Å²) in [5, 5.41) is 3.20. The molecule has 144 valence electrons. The highest BCUT2D eigenvalue weighted by Gasteiger charge is 2.29. The maximum Gasteiger partial charge on any atom is 0.257 e. The monoisotopic (exact) mass is 396 g/mol. The van der Waals surface area contributed by atoms with Gasteiger partial charge in [-0.3, -0.25) is 14.9 Å². The SMILES string of the molecule is Cc1cccc(C(=O)Nc2nc(-c3ccco3)c(C(=O)C3CCOCC3)s2)c1. The summed E-state index contributed by atoms with van der Waals surface area (Å²) < 4.78 is 10.8. The topological polar surface area (TPSA) is 81.4 Å². The molecule has 1 N–H and O–H groups in total. The number of carbonyl (C=O) groups is 2. The van der Waals surface area contributed by atoms with Gasteiger partial charge in [-0.05, 0) is 44.0 Å². The van der Waals surface area contributed by atoms with Gasteiger partial charge >= 0.3 is 0 Å². The molecule has 1 fully saturated rings. The first-order valence-electron chi connectivity index (χ1n) is 9.16. The molecule has 1 amide bonds. The van der Waals surface area contributed by atoms with E-state index in [0.717, 1.165) is 5.56 Å². The van der Waals surface area contributed by atoms with Crippen molar-refractivity contribution < 1.29 is 18.7 Å². The molecule has 1 aromatic carbocycles. The minimum Gasteiger partial charge on any atom is -0.463 e. The molecule has 0 saturated carbocycles. The maximum absolute atomic E-state index is 13.1. The minimum atomic E-state index is -0.256. The van der Waals surface area contributed by atoms with Gasteiger partial charge in [0.1, 0.15) is 10.6 Å². The summed E-state index contributed by atoms with van der Waals surface area (Å²) in [7, 11) is 0. The van der Waals surface area contributed by atoms with E-state index < -0.39 is 0 Å². The van der Waals surface area contributed by atoms with Gasteiger partial charge in [-0.2, -0.15) is 0 Å². The van der Waals surface area contributed by atoms with Crippen LogP contribution in [0.2, 0.25) is 0 Å². The van der Waals surface area contributed by atoms with E-state index in [-0.39, 0.29) is 17.6 Å². The molecule has 1 saturated heterocycles. The predicted molar refractivity (Wildman–Crippen MR) is 107 cm³/mol. The lowest BCUT2D eigenvalue weighted by atomic mass is 9.94. The number of anilines is 1. The zero-order valence-corrected chi connectivity index (χ0v) is 16.3. The Morgan fingerprint density at radius 1 is 1.18 bits per heavy atom. The second-order valence-electron chi connectivity index (χ2n) is 6.75. The van der Waals surface area contributed by atoms with Gasteiger partial charge < -0.3 is 9.15 Å². The van der Waals surface area contributed by atoms with Gasteiger partial charge in [-0.1, -0.05) is 29.0 Å². The number of amides is 1. The number of ether oxygens (including phenoxy) is 1. The molecule has 3 heterocycles. The minimum absolute atomic E-state index is 0.0308. The fraction of sp³-hybridized carbons (Fsp3) is 0.286. The first kappa shape index (κ1) is 18.6. The average molecular weight is 396 g/mol. The highest BCUT2D eigenvalue weighted by molar-refractivity contribution is 7.18. The molecular formula is C21H20N2O4S. The maximum atomic E-state index is 13.1. The fourth-order valence-corrected chi connectivity index (χ4v) is 4.21. The summed E-state index contributed by atoms with van der Waals surface area (Å²) in [6.07, 6.45) is 2.93. The molecule has 0 spiro atoms. The number of nitrogens with one attached hydrogen (secondary N) is 1. The molecule has 0 aliphatic carbocycles. The van der Waals surface area contributed by atoms with Crippen molar-refractivity contribution in [2.75, 3.05) is 18.5 Å². The molecule has 4 rings (SSSR count). The van der Waals surface area contributed by atoms with Crippen LogP contribution in [0.3, 0.4) is 0 Å². The molecule has 6 nitrogen and oxygen atoms in total. The average Bonchev–Trinajstić information content (AvgIpc) is 3.38. The Hall–Kier alpha value is -2.77. The first-order chi connectivity index (χ1) is 13.6. The number of furan rings is 1. The predicted octanol–water partition coefficient (Wildman–Crippen LogP) is 4.57. The highest BCUT2D eigenvalue weighted by Crippen LogP contribution is 2.35. The van der Waals surface area contributed by atoms with Crippen molar-refractivity contribution in [3.63, 3.8) is 0 Å². The molecule has 1 aliphatic heterocycles. The largest absolute Gasteiger partial charge is 0.463 e. The summed E-state index contributed by atoms with van der Waals surface area (Å²) in [6.45, 7) is 3.10. The van der Waals surface area contributed by atoms with Crippen LogP contribution in [0.1, 0.15) is 38.4 Å². The third-order valence-corrected chi connectivity index (χ3v) is 5.68. The van der Waals surface area contributed by atoms with E-state index in [4.69, 9.17) is 9.15 Å². The Bertz CT molecular complexity index is 988. The van der Waals surface area contributed by atoms with E-state index in [2.05, 4.69) is 10.3 Å². The summed E-state index contributed by atoms with van der Waals surface area (Å²) in [5.74, 6) is 0.197. The van der Waals surface area contributed by atoms with E-state index in [1.807, 2.05) is 25.1 Å². The van der Waals surface area contributed by atoms with E-state index in [1.54, 1.807) is 24.5 Å². The molecule has 28 heavy (non-hydrogen) atoms. The smallest absolute Gasteiger partial charge is 0.257 e. The van der Waals surface area contributed by atoms with Gasteiger partial charge in [0.05, 0.1) is 6.26 Å². The molecule has 2 aromatic heterocycles. The number of carbonyl (C=O) groups excluding carboxylic acids is 2. The number of ketones is 1.